The third kappa shape index (κ3) is 3.13. The number of amides is 1. The monoisotopic (exact) mass is 486 g/mol. The molecule has 0 saturated heterocycles. The molecule has 35 heavy (non-hydrogen) atoms. The Morgan fingerprint density at radius 3 is 2.26 bits per heavy atom. The van der Waals surface area contributed by atoms with Gasteiger partial charge in [-0.25, -0.2) is 5.84 Å². The summed E-state index contributed by atoms with van der Waals surface area (Å²) in [4.78, 5) is 13.3. The minimum absolute atomic E-state index is 0.0187. The zero-order valence-electron chi connectivity index (χ0n) is 23.2. The second-order valence-electron chi connectivity index (χ2n) is 15.4. The van der Waals surface area contributed by atoms with Crippen molar-refractivity contribution in [3.8, 4) is 0 Å². The lowest BCUT2D eigenvalue weighted by Gasteiger charge is -2.71. The molecule has 0 spiro atoms. The second-order valence-corrected chi connectivity index (χ2v) is 15.4. The highest BCUT2D eigenvalue weighted by Crippen LogP contribution is 2.75. The molecule has 5 N–H and O–H groups in total. The van der Waals surface area contributed by atoms with E-state index in [1.54, 1.807) is 0 Å². The molecule has 5 heteroatoms. The number of allylic oxidation sites excluding steroid dienone is 2. The average Bonchev–Trinajstić information content (AvgIpc) is 2.77. The fourth-order valence-corrected chi connectivity index (χ4v) is 10.9. The van der Waals surface area contributed by atoms with Crippen molar-refractivity contribution in [1.29, 1.82) is 0 Å². The normalized spacial score (nSPS) is 52.2. The van der Waals surface area contributed by atoms with Crippen LogP contribution in [-0.2, 0) is 4.79 Å². The summed E-state index contributed by atoms with van der Waals surface area (Å²) in [7, 11) is 0. The summed E-state index contributed by atoms with van der Waals surface area (Å²) in [5, 5.41) is 21.9. The lowest BCUT2D eigenvalue weighted by atomic mass is 9.33. The molecular weight excluding hydrogens is 436 g/mol. The molecule has 0 radical (unpaired) electrons. The summed E-state index contributed by atoms with van der Waals surface area (Å²) in [6.07, 6.45) is 10.1. The van der Waals surface area contributed by atoms with Crippen molar-refractivity contribution >= 4 is 5.91 Å². The van der Waals surface area contributed by atoms with Gasteiger partial charge < -0.3 is 10.2 Å². The number of rotatable bonds is 1. The molecule has 4 saturated carbocycles. The van der Waals surface area contributed by atoms with Gasteiger partial charge in [0.2, 0.25) is 5.91 Å². The van der Waals surface area contributed by atoms with Crippen LogP contribution in [0.4, 0.5) is 0 Å². The smallest absolute Gasteiger partial charge is 0.240 e. The van der Waals surface area contributed by atoms with E-state index in [-0.39, 0.29) is 44.3 Å². The molecule has 4 fully saturated rings. The summed E-state index contributed by atoms with van der Waals surface area (Å²) >= 11 is 0. The number of hydrazine groups is 1. The fourth-order valence-electron chi connectivity index (χ4n) is 10.9. The van der Waals surface area contributed by atoms with Gasteiger partial charge >= 0.3 is 0 Å². The molecule has 5 rings (SSSR count). The van der Waals surface area contributed by atoms with E-state index in [4.69, 9.17) is 5.84 Å². The Morgan fingerprint density at radius 2 is 1.60 bits per heavy atom. The van der Waals surface area contributed by atoms with Crippen molar-refractivity contribution in [2.75, 3.05) is 0 Å². The van der Waals surface area contributed by atoms with Gasteiger partial charge in [-0.05, 0) is 103 Å². The van der Waals surface area contributed by atoms with E-state index in [0.29, 0.717) is 18.3 Å². The lowest BCUT2D eigenvalue weighted by molar-refractivity contribution is -0.231. The number of carbonyl (C=O) groups excluding carboxylic acids is 1. The molecule has 0 aromatic carbocycles. The zero-order chi connectivity index (χ0) is 25.8. The topological polar surface area (TPSA) is 95.6 Å². The third-order valence-corrected chi connectivity index (χ3v) is 13.2. The minimum Gasteiger partial charge on any atom is -0.390 e. The average molecular weight is 487 g/mol. The van der Waals surface area contributed by atoms with Crippen molar-refractivity contribution in [1.82, 2.24) is 5.43 Å². The molecule has 5 nitrogen and oxygen atoms in total. The first-order valence-electron chi connectivity index (χ1n) is 14.2. The van der Waals surface area contributed by atoms with E-state index in [9.17, 15) is 15.0 Å². The molecule has 0 aliphatic heterocycles. The highest BCUT2D eigenvalue weighted by atomic mass is 16.3. The maximum absolute atomic E-state index is 13.3. The molecule has 5 aliphatic carbocycles. The zero-order valence-corrected chi connectivity index (χ0v) is 23.2. The number of hydrogen-bond donors (Lipinski definition) is 4. The Kier molecular flexibility index (Phi) is 5.56. The van der Waals surface area contributed by atoms with Gasteiger partial charge in [0.15, 0.2) is 0 Å². The van der Waals surface area contributed by atoms with Crippen LogP contribution in [0.3, 0.4) is 0 Å². The number of aliphatic hydroxyl groups is 2. The molecule has 0 bridgehead atoms. The highest BCUT2D eigenvalue weighted by Gasteiger charge is 2.69. The van der Waals surface area contributed by atoms with Crippen molar-refractivity contribution < 1.29 is 15.0 Å². The number of nitrogens with two attached hydrogens (primary N) is 1. The Bertz CT molecular complexity index is 942. The largest absolute Gasteiger partial charge is 0.390 e. The van der Waals surface area contributed by atoms with Gasteiger partial charge in [-0.2, -0.15) is 0 Å². The second kappa shape index (κ2) is 7.57. The summed E-state index contributed by atoms with van der Waals surface area (Å²) in [5.41, 5.74) is 3.75. The van der Waals surface area contributed by atoms with Crippen LogP contribution in [0, 0.1) is 50.2 Å². The van der Waals surface area contributed by atoms with E-state index in [1.165, 1.54) is 5.57 Å². The van der Waals surface area contributed by atoms with Gasteiger partial charge in [-0.15, -0.1) is 0 Å². The summed E-state index contributed by atoms with van der Waals surface area (Å²) in [6.45, 7) is 16.5. The fraction of sp³-hybridized carbons (Fsp3) is 0.900. The van der Waals surface area contributed by atoms with Crippen LogP contribution in [0.15, 0.2) is 11.6 Å². The quantitative estimate of drug-likeness (QED) is 0.179. The van der Waals surface area contributed by atoms with Crippen LogP contribution in [0.25, 0.3) is 0 Å². The maximum atomic E-state index is 13.3. The molecular formula is C30H50N2O3. The highest BCUT2D eigenvalue weighted by molar-refractivity contribution is 5.83. The predicted molar refractivity (Wildman–Crippen MR) is 139 cm³/mol. The summed E-state index contributed by atoms with van der Waals surface area (Å²) in [6, 6.07) is 0. The lowest BCUT2D eigenvalue weighted by Crippen LogP contribution is -2.67. The van der Waals surface area contributed by atoms with Crippen LogP contribution >= 0.6 is 0 Å². The maximum Gasteiger partial charge on any atom is 0.240 e. The van der Waals surface area contributed by atoms with Crippen LogP contribution < -0.4 is 11.3 Å². The van der Waals surface area contributed by atoms with E-state index >= 15 is 0 Å². The van der Waals surface area contributed by atoms with E-state index in [1.807, 2.05) is 0 Å². The number of carbonyl (C=O) groups is 1. The first kappa shape index (κ1) is 25.7. The van der Waals surface area contributed by atoms with E-state index in [2.05, 4.69) is 60.0 Å². The molecule has 0 aromatic rings. The molecule has 1 amide bonds. The van der Waals surface area contributed by atoms with Crippen molar-refractivity contribution in [2.45, 2.75) is 118 Å². The van der Waals surface area contributed by atoms with E-state index in [0.717, 1.165) is 51.4 Å². The summed E-state index contributed by atoms with van der Waals surface area (Å²) in [5.74, 6) is 6.91. The number of nitrogens with one attached hydrogen (secondary N) is 1. The standard InChI is InChI=1S/C30H50N2O3/c1-25(2)12-14-30(24(35)32-31)15-13-28(6)18(19(30)16-25)8-9-22-27(5)17-20(33)23(34)26(3,4)21(27)10-11-29(22,28)7/h8,19-23,33-34H,9-17,31H2,1-7H3,(H,32,35)/t19-,20-,21-,22-,23-,27-,28+,29-,30-/m0/s1. The third-order valence-electron chi connectivity index (χ3n) is 13.2. The summed E-state index contributed by atoms with van der Waals surface area (Å²) < 4.78 is 0. The minimum atomic E-state index is -0.668. The van der Waals surface area contributed by atoms with Gasteiger partial charge in [0.25, 0.3) is 0 Å². The molecule has 5 aliphatic rings. The number of hydrogen-bond acceptors (Lipinski definition) is 4. The number of fused-ring (bicyclic) bond motifs is 7. The van der Waals surface area contributed by atoms with Crippen molar-refractivity contribution in [3.05, 3.63) is 11.6 Å². The first-order chi connectivity index (χ1) is 16.1. The molecule has 198 valence electrons. The Morgan fingerprint density at radius 1 is 0.943 bits per heavy atom. The van der Waals surface area contributed by atoms with Crippen LogP contribution in [0.1, 0.15) is 106 Å². The molecule has 9 atom stereocenters. The first-order valence-corrected chi connectivity index (χ1v) is 14.2. The molecule has 0 heterocycles. The van der Waals surface area contributed by atoms with Crippen LogP contribution in [0.2, 0.25) is 0 Å². The molecule has 0 unspecified atom stereocenters. The van der Waals surface area contributed by atoms with Crippen LogP contribution in [-0.4, -0.2) is 28.3 Å². The molecule has 0 aromatic heterocycles. The SMILES string of the molecule is CC1(C)CC[C@]2(C(=O)NN)CC[C@]3(C)C(=CC[C@H]4[C@@]5(C)C[C@H](O)[C@H](O)C(C)(C)[C@@H]5CC[C@@]43C)[C@@H]2C1. The van der Waals surface area contributed by atoms with Gasteiger partial charge in [-0.1, -0.05) is 60.1 Å². The Hall–Kier alpha value is -0.910. The van der Waals surface area contributed by atoms with Crippen molar-refractivity contribution in [3.63, 3.8) is 0 Å². The van der Waals surface area contributed by atoms with Gasteiger partial charge in [0.1, 0.15) is 0 Å². The van der Waals surface area contributed by atoms with Crippen molar-refractivity contribution in [2.24, 2.45) is 56.1 Å². The van der Waals surface area contributed by atoms with Gasteiger partial charge in [-0.3, -0.25) is 10.2 Å². The Labute approximate surface area is 212 Å². The van der Waals surface area contributed by atoms with Gasteiger partial charge in [0.05, 0.1) is 17.6 Å². The Balaban J connectivity index is 1.61. The predicted octanol–water partition coefficient (Wildman–Crippen LogP) is 5.11. The van der Waals surface area contributed by atoms with E-state index < -0.39 is 12.2 Å². The van der Waals surface area contributed by atoms with Crippen LogP contribution in [0.5, 0.6) is 0 Å². The van der Waals surface area contributed by atoms with Gasteiger partial charge in [0, 0.05) is 0 Å². The number of aliphatic hydroxyl groups excluding tert-OH is 2.